The van der Waals surface area contributed by atoms with Crippen LogP contribution in [-0.2, 0) is 6.18 Å². The van der Waals surface area contributed by atoms with Crippen molar-refractivity contribution in [2.75, 3.05) is 19.6 Å². The van der Waals surface area contributed by atoms with Crippen LogP contribution < -0.4 is 10.6 Å². The second kappa shape index (κ2) is 8.45. The number of pyridine rings is 1. The average molecular weight is 399 g/mol. The normalized spacial score (nSPS) is 14.0. The molecule has 3 heterocycles. The Labute approximate surface area is 153 Å². The van der Waals surface area contributed by atoms with E-state index in [1.54, 1.807) is 0 Å². The van der Waals surface area contributed by atoms with Crippen LogP contribution in [0.2, 0.25) is 0 Å². The average Bonchev–Trinajstić information content (AvgIpc) is 2.94. The Hall–Kier alpha value is -1.91. The van der Waals surface area contributed by atoms with E-state index in [0.29, 0.717) is 18.7 Å². The third kappa shape index (κ3) is 5.03. The molecular formula is C13H15Cl2F3N6O. The van der Waals surface area contributed by atoms with Crippen LogP contribution in [0.4, 0.5) is 13.2 Å². The zero-order valence-corrected chi connectivity index (χ0v) is 14.3. The predicted octanol–water partition coefficient (Wildman–Crippen LogP) is 1.47. The van der Waals surface area contributed by atoms with Crippen LogP contribution >= 0.6 is 24.8 Å². The van der Waals surface area contributed by atoms with Crippen molar-refractivity contribution in [2.45, 2.75) is 6.18 Å². The molecule has 0 atom stereocenters. The maximum atomic E-state index is 12.5. The molecular weight excluding hydrogens is 384 g/mol. The van der Waals surface area contributed by atoms with Crippen LogP contribution in [0.3, 0.4) is 0 Å². The molecule has 1 aliphatic rings. The van der Waals surface area contributed by atoms with Gasteiger partial charge in [-0.15, -0.1) is 29.9 Å². The van der Waals surface area contributed by atoms with Crippen LogP contribution in [0.1, 0.15) is 16.1 Å². The minimum absolute atomic E-state index is 0. The summed E-state index contributed by atoms with van der Waals surface area (Å²) in [5.41, 5.74) is -0.771. The summed E-state index contributed by atoms with van der Waals surface area (Å²) in [6, 6.07) is 2.06. The van der Waals surface area contributed by atoms with Gasteiger partial charge in [-0.25, -0.2) is 9.67 Å². The highest BCUT2D eigenvalue weighted by molar-refractivity contribution is 5.91. The smallest absolute Gasteiger partial charge is 0.350 e. The Morgan fingerprint density at radius 3 is 2.56 bits per heavy atom. The molecule has 0 unspecified atom stereocenters. The van der Waals surface area contributed by atoms with Crippen LogP contribution in [-0.4, -0.2) is 45.5 Å². The molecule has 0 radical (unpaired) electrons. The van der Waals surface area contributed by atoms with Crippen LogP contribution in [0.5, 0.6) is 0 Å². The first-order valence-corrected chi connectivity index (χ1v) is 6.88. The number of carbonyl (C=O) groups excluding carboxylic acids is 1. The first kappa shape index (κ1) is 21.1. The van der Waals surface area contributed by atoms with Gasteiger partial charge in [0.1, 0.15) is 0 Å². The highest BCUT2D eigenvalue weighted by Gasteiger charge is 2.30. The van der Waals surface area contributed by atoms with E-state index in [9.17, 15) is 18.0 Å². The molecule has 2 aromatic heterocycles. The lowest BCUT2D eigenvalue weighted by atomic mass is 10.0. The van der Waals surface area contributed by atoms with Gasteiger partial charge in [0.05, 0.1) is 11.8 Å². The summed E-state index contributed by atoms with van der Waals surface area (Å²) in [7, 11) is 0. The van der Waals surface area contributed by atoms with Crippen LogP contribution in [0.25, 0.3) is 5.82 Å². The minimum atomic E-state index is -4.45. The summed E-state index contributed by atoms with van der Waals surface area (Å²) in [5, 5.41) is 13.2. The van der Waals surface area contributed by atoms with Gasteiger partial charge in [-0.05, 0) is 12.1 Å². The number of rotatable bonds is 4. The molecule has 12 heteroatoms. The molecule has 7 nitrogen and oxygen atoms in total. The maximum absolute atomic E-state index is 12.5. The molecule has 2 aromatic rings. The van der Waals surface area contributed by atoms with E-state index in [1.165, 1.54) is 12.3 Å². The van der Waals surface area contributed by atoms with E-state index >= 15 is 0 Å². The quantitative estimate of drug-likeness (QED) is 0.814. The highest BCUT2D eigenvalue weighted by atomic mass is 35.5. The van der Waals surface area contributed by atoms with Gasteiger partial charge in [0.25, 0.3) is 5.91 Å². The van der Waals surface area contributed by atoms with Crippen molar-refractivity contribution in [3.05, 3.63) is 35.8 Å². The third-order valence-electron chi connectivity index (χ3n) is 3.45. The molecule has 3 rings (SSSR count). The van der Waals surface area contributed by atoms with Crippen LogP contribution in [0.15, 0.2) is 24.5 Å². The van der Waals surface area contributed by atoms with Gasteiger partial charge < -0.3 is 10.6 Å². The Morgan fingerprint density at radius 1 is 1.32 bits per heavy atom. The van der Waals surface area contributed by atoms with Gasteiger partial charge >= 0.3 is 6.18 Å². The lowest BCUT2D eigenvalue weighted by molar-refractivity contribution is -0.137. The molecule has 0 saturated carbocycles. The highest BCUT2D eigenvalue weighted by Crippen LogP contribution is 2.28. The van der Waals surface area contributed by atoms with Gasteiger partial charge in [-0.2, -0.15) is 13.2 Å². The lowest BCUT2D eigenvalue weighted by Gasteiger charge is -2.26. The zero-order chi connectivity index (χ0) is 16.4. The van der Waals surface area contributed by atoms with Gasteiger partial charge in [-0.1, -0.05) is 5.21 Å². The third-order valence-corrected chi connectivity index (χ3v) is 3.45. The molecule has 0 aromatic carbocycles. The summed E-state index contributed by atoms with van der Waals surface area (Å²) >= 11 is 0. The fraction of sp³-hybridized carbons (Fsp3) is 0.385. The van der Waals surface area contributed by atoms with Gasteiger partial charge in [0.2, 0.25) is 0 Å². The number of nitrogens with zero attached hydrogens (tertiary/aromatic N) is 4. The number of halogens is 5. The number of nitrogens with one attached hydrogen (secondary N) is 2. The Bertz CT molecular complexity index is 703. The molecule has 138 valence electrons. The molecule has 1 amide bonds. The Balaban J connectivity index is 0.00000156. The van der Waals surface area contributed by atoms with Crippen molar-refractivity contribution in [3.8, 4) is 5.82 Å². The molecule has 1 saturated heterocycles. The lowest BCUT2D eigenvalue weighted by Crippen LogP contribution is -2.48. The van der Waals surface area contributed by atoms with E-state index in [2.05, 4.69) is 25.9 Å². The van der Waals surface area contributed by atoms with Gasteiger partial charge in [0, 0.05) is 31.7 Å². The van der Waals surface area contributed by atoms with Crippen molar-refractivity contribution in [1.29, 1.82) is 0 Å². The summed E-state index contributed by atoms with van der Waals surface area (Å²) in [6.07, 6.45) is -2.42. The number of amides is 1. The number of hydrogen-bond donors (Lipinski definition) is 2. The molecule has 0 aliphatic carbocycles. The first-order valence-electron chi connectivity index (χ1n) is 6.88. The van der Waals surface area contributed by atoms with Crippen molar-refractivity contribution >= 4 is 30.7 Å². The Kier molecular flexibility index (Phi) is 7.15. The molecule has 0 bridgehead atoms. The summed E-state index contributed by atoms with van der Waals surface area (Å²) in [6.45, 7) is 2.27. The van der Waals surface area contributed by atoms with Gasteiger partial charge in [-0.3, -0.25) is 4.79 Å². The van der Waals surface area contributed by atoms with E-state index in [4.69, 9.17) is 0 Å². The molecule has 1 aliphatic heterocycles. The van der Waals surface area contributed by atoms with Crippen molar-refractivity contribution in [1.82, 2.24) is 30.6 Å². The second-order valence-electron chi connectivity index (χ2n) is 5.19. The molecule has 25 heavy (non-hydrogen) atoms. The Morgan fingerprint density at radius 2 is 2.04 bits per heavy atom. The SMILES string of the molecule is Cl.Cl.O=C(NCC1CNC1)c1cn(-c2ccc(C(F)(F)F)cn2)nn1. The van der Waals surface area contributed by atoms with E-state index in [1.807, 2.05) is 0 Å². The van der Waals surface area contributed by atoms with Gasteiger partial charge in [0.15, 0.2) is 11.5 Å². The fourth-order valence-corrected chi connectivity index (χ4v) is 1.99. The van der Waals surface area contributed by atoms with E-state index in [0.717, 1.165) is 23.8 Å². The predicted molar refractivity (Wildman–Crippen MR) is 87.3 cm³/mol. The fourth-order valence-electron chi connectivity index (χ4n) is 1.99. The van der Waals surface area contributed by atoms with E-state index < -0.39 is 11.7 Å². The first-order chi connectivity index (χ1) is 10.9. The molecule has 2 N–H and O–H groups in total. The minimum Gasteiger partial charge on any atom is -0.350 e. The zero-order valence-electron chi connectivity index (χ0n) is 12.7. The monoisotopic (exact) mass is 398 g/mol. The number of hydrogen-bond acceptors (Lipinski definition) is 5. The maximum Gasteiger partial charge on any atom is 0.417 e. The largest absolute Gasteiger partial charge is 0.417 e. The van der Waals surface area contributed by atoms with Crippen LogP contribution in [0, 0.1) is 5.92 Å². The summed E-state index contributed by atoms with van der Waals surface area (Å²) in [4.78, 5) is 15.6. The molecule has 1 fully saturated rings. The van der Waals surface area contributed by atoms with Crippen molar-refractivity contribution in [2.24, 2.45) is 5.92 Å². The second-order valence-corrected chi connectivity index (χ2v) is 5.19. The topological polar surface area (TPSA) is 84.7 Å². The summed E-state index contributed by atoms with van der Waals surface area (Å²) < 4.78 is 38.6. The van der Waals surface area contributed by atoms with Crippen molar-refractivity contribution in [3.63, 3.8) is 0 Å². The number of aromatic nitrogens is 4. The summed E-state index contributed by atoms with van der Waals surface area (Å²) in [5.74, 6) is 0.174. The number of alkyl halides is 3. The number of carbonyl (C=O) groups is 1. The standard InChI is InChI=1S/C13H13F3N6O.2ClH/c14-13(15,16)9-1-2-11(18-6-9)22-7-10(20-21-22)12(23)19-5-8-3-17-4-8;;/h1-2,6-8,17H,3-5H2,(H,19,23);2*1H. The van der Waals surface area contributed by atoms with E-state index in [-0.39, 0.29) is 42.2 Å². The van der Waals surface area contributed by atoms with Crippen molar-refractivity contribution < 1.29 is 18.0 Å². The molecule has 0 spiro atoms.